The van der Waals surface area contributed by atoms with E-state index >= 15 is 0 Å². The van der Waals surface area contributed by atoms with Gasteiger partial charge in [0.1, 0.15) is 11.7 Å². The van der Waals surface area contributed by atoms with Crippen LogP contribution in [-0.2, 0) is 14.4 Å². The topological polar surface area (TPSA) is 114 Å². The Bertz CT molecular complexity index is 1600. The van der Waals surface area contributed by atoms with Crippen molar-refractivity contribution in [3.63, 3.8) is 0 Å². The first kappa shape index (κ1) is 35.7. The van der Waals surface area contributed by atoms with Crippen molar-refractivity contribution in [2.75, 3.05) is 23.8 Å². The molecule has 0 aliphatic heterocycles. The second-order valence-electron chi connectivity index (χ2n) is 13.1. The van der Waals surface area contributed by atoms with Crippen LogP contribution < -0.4 is 20.1 Å². The third-order valence-electron chi connectivity index (χ3n) is 9.04. The zero-order chi connectivity index (χ0) is 34.3. The Hall–Kier alpha value is -4.17. The number of aliphatic hydroxyl groups is 1. The standard InChI is InChI=1S/C39H50N2O6/c1-8-10-11-12-19-47-32-18-17-28(22-33(32)46-9-2)34-35(37(43)40-29-20-24(3)13-15-26(29)5)31(42)23-39(7,45)36(34)38(44)41-30-21-25(4)14-16-27(30)6/h13-18,20-22,34-36,45H,8-12,19,23H2,1-7H3,(H,40,43)(H,41,44). The third-order valence-corrected chi connectivity index (χ3v) is 9.04. The fraction of sp³-hybridized carbons (Fsp3) is 0.462. The van der Waals surface area contributed by atoms with Gasteiger partial charge < -0.3 is 25.2 Å². The average Bonchev–Trinajstić information content (AvgIpc) is 3.00. The molecule has 3 N–H and O–H groups in total. The maximum absolute atomic E-state index is 14.3. The maximum Gasteiger partial charge on any atom is 0.235 e. The first-order valence-corrected chi connectivity index (χ1v) is 16.8. The Balaban J connectivity index is 1.80. The van der Waals surface area contributed by atoms with Gasteiger partial charge in [0.25, 0.3) is 0 Å². The molecule has 0 saturated heterocycles. The highest BCUT2D eigenvalue weighted by molar-refractivity contribution is 6.10. The summed E-state index contributed by atoms with van der Waals surface area (Å²) in [6, 6.07) is 16.8. The van der Waals surface area contributed by atoms with Crippen molar-refractivity contribution in [2.24, 2.45) is 11.8 Å². The number of Topliss-reactive ketones (excluding diaryl/α,β-unsaturated/α-hetero) is 1. The van der Waals surface area contributed by atoms with Gasteiger partial charge in [-0.25, -0.2) is 0 Å². The molecule has 1 aliphatic rings. The number of hydrogen-bond acceptors (Lipinski definition) is 6. The van der Waals surface area contributed by atoms with Gasteiger partial charge in [-0.15, -0.1) is 0 Å². The van der Waals surface area contributed by atoms with Gasteiger partial charge in [-0.05, 0) is 100 Å². The van der Waals surface area contributed by atoms with Crippen LogP contribution >= 0.6 is 0 Å². The lowest BCUT2D eigenvalue weighted by molar-refractivity contribution is -0.150. The van der Waals surface area contributed by atoms with Crippen molar-refractivity contribution in [2.45, 2.75) is 92.1 Å². The van der Waals surface area contributed by atoms with Gasteiger partial charge in [-0.2, -0.15) is 0 Å². The Morgan fingerprint density at radius 1 is 0.809 bits per heavy atom. The van der Waals surface area contributed by atoms with E-state index in [1.54, 1.807) is 18.2 Å². The molecule has 8 heteroatoms. The number of ketones is 1. The van der Waals surface area contributed by atoms with Crippen LogP contribution in [0.3, 0.4) is 0 Å². The van der Waals surface area contributed by atoms with Crippen molar-refractivity contribution >= 4 is 29.0 Å². The fourth-order valence-corrected chi connectivity index (χ4v) is 6.48. The van der Waals surface area contributed by atoms with Crippen molar-refractivity contribution in [1.29, 1.82) is 0 Å². The summed E-state index contributed by atoms with van der Waals surface area (Å²) in [7, 11) is 0. The highest BCUT2D eigenvalue weighted by atomic mass is 16.5. The van der Waals surface area contributed by atoms with Crippen LogP contribution in [0, 0.1) is 39.5 Å². The molecule has 0 bridgehead atoms. The number of rotatable bonds is 13. The normalized spacial score (nSPS) is 20.9. The van der Waals surface area contributed by atoms with E-state index in [0.717, 1.165) is 47.9 Å². The lowest BCUT2D eigenvalue weighted by Gasteiger charge is -2.44. The van der Waals surface area contributed by atoms with Gasteiger partial charge in [0.15, 0.2) is 11.5 Å². The number of unbranched alkanes of at least 4 members (excludes halogenated alkanes) is 3. The Labute approximate surface area is 279 Å². The molecule has 3 aromatic rings. The van der Waals surface area contributed by atoms with Gasteiger partial charge in [0.2, 0.25) is 11.8 Å². The predicted molar refractivity (Wildman–Crippen MR) is 186 cm³/mol. The minimum atomic E-state index is -1.74. The van der Waals surface area contributed by atoms with Gasteiger partial charge in [-0.1, -0.05) is 56.5 Å². The molecule has 0 radical (unpaired) electrons. The lowest BCUT2D eigenvalue weighted by atomic mass is 9.61. The second kappa shape index (κ2) is 15.6. The number of ether oxygens (including phenoxy) is 2. The van der Waals surface area contributed by atoms with E-state index in [-0.39, 0.29) is 6.42 Å². The summed E-state index contributed by atoms with van der Waals surface area (Å²) >= 11 is 0. The number of carbonyl (C=O) groups is 3. The smallest absolute Gasteiger partial charge is 0.235 e. The van der Waals surface area contributed by atoms with Gasteiger partial charge in [0.05, 0.1) is 24.7 Å². The highest BCUT2D eigenvalue weighted by Gasteiger charge is 2.56. The van der Waals surface area contributed by atoms with Crippen molar-refractivity contribution in [3.8, 4) is 11.5 Å². The molecule has 2 amide bonds. The van der Waals surface area contributed by atoms with Crippen LogP contribution in [-0.4, -0.2) is 41.5 Å². The van der Waals surface area contributed by atoms with Crippen LogP contribution in [0.5, 0.6) is 11.5 Å². The number of hydrogen-bond donors (Lipinski definition) is 3. The van der Waals surface area contributed by atoms with Gasteiger partial charge >= 0.3 is 0 Å². The van der Waals surface area contributed by atoms with E-state index in [0.29, 0.717) is 41.7 Å². The van der Waals surface area contributed by atoms with Crippen molar-refractivity contribution in [3.05, 3.63) is 82.4 Å². The van der Waals surface area contributed by atoms with Crippen LogP contribution in [0.1, 0.15) is 86.6 Å². The van der Waals surface area contributed by atoms with E-state index in [1.807, 2.05) is 71.0 Å². The van der Waals surface area contributed by atoms with Crippen LogP contribution in [0.4, 0.5) is 11.4 Å². The van der Waals surface area contributed by atoms with E-state index in [4.69, 9.17) is 9.47 Å². The highest BCUT2D eigenvalue weighted by Crippen LogP contribution is 2.48. The molecule has 0 aromatic heterocycles. The second-order valence-corrected chi connectivity index (χ2v) is 13.1. The molecule has 8 nitrogen and oxygen atoms in total. The van der Waals surface area contributed by atoms with E-state index < -0.39 is 41.0 Å². The lowest BCUT2D eigenvalue weighted by Crippen LogP contribution is -2.56. The zero-order valence-electron chi connectivity index (χ0n) is 28.9. The first-order chi connectivity index (χ1) is 22.4. The van der Waals surface area contributed by atoms with E-state index in [1.165, 1.54) is 6.92 Å². The van der Waals surface area contributed by atoms with Gasteiger partial charge in [0, 0.05) is 23.7 Å². The summed E-state index contributed by atoms with van der Waals surface area (Å²) in [5, 5.41) is 17.8. The monoisotopic (exact) mass is 642 g/mol. The summed E-state index contributed by atoms with van der Waals surface area (Å²) in [5.74, 6) is -3.83. The average molecular weight is 643 g/mol. The molecule has 47 heavy (non-hydrogen) atoms. The summed E-state index contributed by atoms with van der Waals surface area (Å²) in [4.78, 5) is 42.4. The van der Waals surface area contributed by atoms with Gasteiger partial charge in [-0.3, -0.25) is 14.4 Å². The van der Waals surface area contributed by atoms with Crippen LogP contribution in [0.25, 0.3) is 0 Å². The molecule has 4 atom stereocenters. The number of amides is 2. The number of anilines is 2. The number of carbonyl (C=O) groups excluding carboxylic acids is 3. The van der Waals surface area contributed by atoms with Crippen molar-refractivity contribution in [1.82, 2.24) is 0 Å². The summed E-state index contributed by atoms with van der Waals surface area (Å²) < 4.78 is 12.1. The number of benzene rings is 3. The molecule has 252 valence electrons. The first-order valence-electron chi connectivity index (χ1n) is 16.8. The fourth-order valence-electron chi connectivity index (χ4n) is 6.48. The van der Waals surface area contributed by atoms with E-state index in [2.05, 4.69) is 17.6 Å². The molecule has 0 spiro atoms. The third kappa shape index (κ3) is 8.60. The molecule has 0 heterocycles. The van der Waals surface area contributed by atoms with E-state index in [9.17, 15) is 19.5 Å². The maximum atomic E-state index is 14.3. The minimum absolute atomic E-state index is 0.351. The largest absolute Gasteiger partial charge is 0.490 e. The molecule has 4 rings (SSSR count). The Morgan fingerprint density at radius 3 is 2.02 bits per heavy atom. The summed E-state index contributed by atoms with van der Waals surface area (Å²) in [6.45, 7) is 14.1. The van der Waals surface area contributed by atoms with Crippen LogP contribution in [0.2, 0.25) is 0 Å². The number of aryl methyl sites for hydroxylation is 4. The zero-order valence-corrected chi connectivity index (χ0v) is 28.9. The molecule has 1 aliphatic carbocycles. The number of nitrogens with one attached hydrogen (secondary N) is 2. The van der Waals surface area contributed by atoms with Crippen LogP contribution in [0.15, 0.2) is 54.6 Å². The summed E-state index contributed by atoms with van der Waals surface area (Å²) in [6.07, 6.45) is 3.87. The molecular weight excluding hydrogens is 592 g/mol. The Kier molecular flexibility index (Phi) is 11.9. The molecular formula is C39H50N2O6. The molecule has 3 aromatic carbocycles. The quantitative estimate of drug-likeness (QED) is 0.131. The SMILES string of the molecule is CCCCCCOc1ccc(C2C(C(=O)Nc3cc(C)ccc3C)C(=O)CC(C)(O)C2C(=O)Nc2cc(C)ccc2C)cc1OCC. The van der Waals surface area contributed by atoms with Crippen molar-refractivity contribution < 1.29 is 29.0 Å². The molecule has 4 unspecified atom stereocenters. The Morgan fingerprint density at radius 2 is 1.43 bits per heavy atom. The predicted octanol–water partition coefficient (Wildman–Crippen LogP) is 7.60. The molecule has 1 saturated carbocycles. The minimum Gasteiger partial charge on any atom is -0.490 e. The molecule has 1 fully saturated rings. The summed E-state index contributed by atoms with van der Waals surface area (Å²) in [5.41, 5.74) is 3.62.